The SMILES string of the molecule is C=C(CCC)c1c[n+](C)c([N+](C)(C)c2ccc(Cl)c(N(C)C(=C)C(C)CC)c2)[n+](CC)c1CCCc1ccccc1. The lowest BCUT2D eigenvalue weighted by molar-refractivity contribution is -0.803. The zero-order valence-corrected chi connectivity index (χ0v) is 27.6. The topological polar surface area (TPSA) is 11.0 Å². The van der Waals surface area contributed by atoms with Crippen LogP contribution >= 0.6 is 11.6 Å². The van der Waals surface area contributed by atoms with Gasteiger partial charge >= 0.3 is 5.95 Å². The van der Waals surface area contributed by atoms with E-state index in [0.29, 0.717) is 10.4 Å². The summed E-state index contributed by atoms with van der Waals surface area (Å²) in [6.07, 6.45) is 8.58. The first-order chi connectivity index (χ1) is 19.5. The van der Waals surface area contributed by atoms with E-state index in [0.717, 1.165) is 61.5 Å². The molecule has 3 aromatic rings. The maximum Gasteiger partial charge on any atom is 0.620 e. The third-order valence-corrected chi connectivity index (χ3v) is 8.86. The number of quaternary nitrogens is 1. The fraction of sp³-hybridized carbons (Fsp3) is 0.444. The van der Waals surface area contributed by atoms with E-state index in [-0.39, 0.29) is 0 Å². The molecule has 220 valence electrons. The van der Waals surface area contributed by atoms with Crippen LogP contribution in [0.1, 0.15) is 70.2 Å². The minimum atomic E-state index is 0.379. The summed E-state index contributed by atoms with van der Waals surface area (Å²) in [5, 5.41) is 0.737. The number of hydrogen-bond donors (Lipinski definition) is 0. The summed E-state index contributed by atoms with van der Waals surface area (Å²) in [4.78, 5) is 2.15. The average molecular weight is 576 g/mol. The van der Waals surface area contributed by atoms with Crippen LogP contribution in [0, 0.1) is 5.92 Å². The molecule has 1 atom stereocenters. The largest absolute Gasteiger partial charge is 0.620 e. The molecule has 0 aliphatic heterocycles. The molecule has 41 heavy (non-hydrogen) atoms. The normalized spacial score (nSPS) is 12.3. The molecule has 0 N–H and O–H groups in total. The van der Waals surface area contributed by atoms with E-state index in [1.165, 1.54) is 34.0 Å². The molecule has 0 radical (unpaired) electrons. The Morgan fingerprint density at radius 1 is 1.02 bits per heavy atom. The molecule has 0 spiro atoms. The van der Waals surface area contributed by atoms with Crippen LogP contribution in [-0.2, 0) is 26.4 Å². The van der Waals surface area contributed by atoms with Gasteiger partial charge in [0.25, 0.3) is 0 Å². The van der Waals surface area contributed by atoms with Crippen LogP contribution in [0.4, 0.5) is 17.3 Å². The number of hydrogen-bond acceptors (Lipinski definition) is 1. The van der Waals surface area contributed by atoms with Crippen LogP contribution < -0.4 is 18.5 Å². The number of halogens is 1. The third-order valence-electron chi connectivity index (χ3n) is 8.54. The molecule has 4 nitrogen and oxygen atoms in total. The highest BCUT2D eigenvalue weighted by atomic mass is 35.5. The van der Waals surface area contributed by atoms with Crippen molar-refractivity contribution in [1.29, 1.82) is 0 Å². The number of anilines is 1. The Bertz CT molecular complexity index is 1360. The summed E-state index contributed by atoms with van der Waals surface area (Å²) in [6.45, 7) is 18.7. The Labute approximate surface area is 254 Å². The molecule has 1 heterocycles. The number of allylic oxidation sites excluding steroid dienone is 2. The number of nitrogens with zero attached hydrogens (tertiary/aromatic N) is 4. The first kappa shape index (κ1) is 32.6. The van der Waals surface area contributed by atoms with Gasteiger partial charge in [-0.05, 0) is 55.7 Å². The van der Waals surface area contributed by atoms with Crippen LogP contribution in [0.25, 0.3) is 5.57 Å². The molecule has 0 aliphatic carbocycles. The van der Waals surface area contributed by atoms with Crippen molar-refractivity contribution in [3.63, 3.8) is 0 Å². The van der Waals surface area contributed by atoms with E-state index in [9.17, 15) is 0 Å². The zero-order valence-electron chi connectivity index (χ0n) is 26.8. The van der Waals surface area contributed by atoms with Crippen LogP contribution in [0.15, 0.2) is 73.6 Å². The second kappa shape index (κ2) is 14.3. The maximum absolute atomic E-state index is 6.78. The molecule has 1 unspecified atom stereocenters. The number of aromatic nitrogens is 2. The first-order valence-corrected chi connectivity index (χ1v) is 15.6. The van der Waals surface area contributed by atoms with Gasteiger partial charge in [0.1, 0.15) is 11.3 Å². The molecule has 0 bridgehead atoms. The molecular weight excluding hydrogens is 524 g/mol. The fourth-order valence-electron chi connectivity index (χ4n) is 5.86. The summed E-state index contributed by atoms with van der Waals surface area (Å²) in [5.74, 6) is 1.59. The first-order valence-electron chi connectivity index (χ1n) is 15.2. The molecule has 0 fully saturated rings. The lowest BCUT2D eigenvalue weighted by Gasteiger charge is -2.29. The van der Waals surface area contributed by atoms with Gasteiger partial charge in [0, 0.05) is 31.3 Å². The standard InChI is InChI=1S/C36H52ClN4/c1-11-18-28(5)32-26-38(7)36(40(13-3)34(32)22-17-21-30-19-15-14-16-20-30)41(9,10)31-23-24-33(37)35(25-31)39(8)29(6)27(4)12-2/h14-16,19-20,23-27H,5-6,11-13,17-18,21-22H2,1-4,7-10H3/q+3. The molecular formula is C36H52ClN4+3. The van der Waals surface area contributed by atoms with Gasteiger partial charge in [0.15, 0.2) is 19.8 Å². The van der Waals surface area contributed by atoms with Crippen LogP contribution in [0.5, 0.6) is 0 Å². The summed E-state index contributed by atoms with van der Waals surface area (Å²) >= 11 is 6.78. The summed E-state index contributed by atoms with van der Waals surface area (Å²) in [6, 6.07) is 17.2. The maximum atomic E-state index is 6.78. The Balaban J connectivity index is 2.13. The van der Waals surface area contributed by atoms with Gasteiger partial charge in [-0.1, -0.05) is 91.4 Å². The van der Waals surface area contributed by atoms with Gasteiger partial charge in [0.2, 0.25) is 5.69 Å². The number of rotatable bonds is 14. The predicted octanol–water partition coefficient (Wildman–Crippen LogP) is 8.36. The third kappa shape index (κ3) is 7.28. The highest BCUT2D eigenvalue weighted by molar-refractivity contribution is 6.33. The average Bonchev–Trinajstić information content (AvgIpc) is 2.96. The Morgan fingerprint density at radius 2 is 1.71 bits per heavy atom. The lowest BCUT2D eigenvalue weighted by atomic mass is 9.98. The monoisotopic (exact) mass is 575 g/mol. The summed E-state index contributed by atoms with van der Waals surface area (Å²) < 4.78 is 5.40. The minimum Gasteiger partial charge on any atom is -0.347 e. The Hall–Kier alpha value is -2.95. The van der Waals surface area contributed by atoms with E-state index in [4.69, 9.17) is 11.6 Å². The van der Waals surface area contributed by atoms with Crippen molar-refractivity contribution >= 4 is 34.5 Å². The van der Waals surface area contributed by atoms with Crippen molar-refractivity contribution in [3.05, 3.63) is 95.4 Å². The van der Waals surface area contributed by atoms with Crippen molar-refractivity contribution in [2.45, 2.75) is 72.8 Å². The molecule has 1 aromatic heterocycles. The smallest absolute Gasteiger partial charge is 0.347 e. The fourth-order valence-corrected chi connectivity index (χ4v) is 6.10. The van der Waals surface area contributed by atoms with Crippen molar-refractivity contribution in [2.75, 3.05) is 26.0 Å². The zero-order chi connectivity index (χ0) is 30.3. The number of aryl methyl sites for hydroxylation is 2. The van der Waals surface area contributed by atoms with Gasteiger partial charge in [0.05, 0.1) is 24.8 Å². The molecule has 5 heteroatoms. The Morgan fingerprint density at radius 3 is 2.32 bits per heavy atom. The van der Waals surface area contributed by atoms with Gasteiger partial charge in [-0.2, -0.15) is 0 Å². The van der Waals surface area contributed by atoms with Crippen LogP contribution in [-0.4, -0.2) is 21.1 Å². The predicted molar refractivity (Wildman–Crippen MR) is 178 cm³/mol. The van der Waals surface area contributed by atoms with E-state index < -0.39 is 0 Å². The minimum absolute atomic E-state index is 0.379. The van der Waals surface area contributed by atoms with Gasteiger partial charge < -0.3 is 4.90 Å². The summed E-state index contributed by atoms with van der Waals surface area (Å²) in [5.41, 5.74) is 8.50. The van der Waals surface area contributed by atoms with Gasteiger partial charge in [-0.15, -0.1) is 4.48 Å². The quantitative estimate of drug-likeness (QED) is 0.139. The molecule has 0 saturated heterocycles. The van der Waals surface area contributed by atoms with E-state index >= 15 is 0 Å². The highest BCUT2D eigenvalue weighted by Gasteiger charge is 2.45. The molecule has 2 aromatic carbocycles. The van der Waals surface area contributed by atoms with E-state index in [1.54, 1.807) is 0 Å². The Kier molecular flexibility index (Phi) is 11.3. The molecule has 0 aliphatic rings. The van der Waals surface area contributed by atoms with Crippen molar-refractivity contribution in [2.24, 2.45) is 13.0 Å². The molecule has 0 saturated carbocycles. The van der Waals surface area contributed by atoms with Crippen molar-refractivity contribution in [3.8, 4) is 0 Å². The molecule has 0 amide bonds. The lowest BCUT2D eigenvalue weighted by Crippen LogP contribution is -2.60. The van der Waals surface area contributed by atoms with Crippen molar-refractivity contribution in [1.82, 2.24) is 4.48 Å². The van der Waals surface area contributed by atoms with E-state index in [1.807, 2.05) is 6.07 Å². The van der Waals surface area contributed by atoms with Crippen LogP contribution in [0.2, 0.25) is 5.02 Å². The molecule has 3 rings (SSSR count). The van der Waals surface area contributed by atoms with Crippen LogP contribution in [0.3, 0.4) is 0 Å². The second-order valence-electron chi connectivity index (χ2n) is 11.8. The highest BCUT2D eigenvalue weighted by Crippen LogP contribution is 2.37. The van der Waals surface area contributed by atoms with Gasteiger partial charge in [-0.3, -0.25) is 0 Å². The van der Waals surface area contributed by atoms with Gasteiger partial charge in [-0.25, -0.2) is 0 Å². The van der Waals surface area contributed by atoms with Crippen molar-refractivity contribution < 1.29 is 9.13 Å². The second-order valence-corrected chi connectivity index (χ2v) is 12.2. The number of benzene rings is 2. The summed E-state index contributed by atoms with van der Waals surface area (Å²) in [7, 11) is 8.79. The van der Waals surface area contributed by atoms with E-state index in [2.05, 4.69) is 132 Å².